The van der Waals surface area contributed by atoms with E-state index in [0.29, 0.717) is 30.4 Å². The number of alkyl halides is 6. The van der Waals surface area contributed by atoms with Crippen molar-refractivity contribution in [3.63, 3.8) is 0 Å². The first-order valence-corrected chi connectivity index (χ1v) is 15.6. The third-order valence-corrected chi connectivity index (χ3v) is 10.6. The molecule has 248 valence electrons. The molecule has 16 heteroatoms. The Morgan fingerprint density at radius 2 is 1.94 bits per heavy atom. The summed E-state index contributed by atoms with van der Waals surface area (Å²) in [6, 6.07) is 2.93. The van der Waals surface area contributed by atoms with Gasteiger partial charge in [-0.05, 0) is 37.1 Å². The molecule has 2 atom stereocenters. The summed E-state index contributed by atoms with van der Waals surface area (Å²) >= 11 is 0.640. The van der Waals surface area contributed by atoms with E-state index in [9.17, 15) is 36.0 Å². The second kappa shape index (κ2) is 10.8. The van der Waals surface area contributed by atoms with Gasteiger partial charge in [-0.25, -0.2) is 22.0 Å². The van der Waals surface area contributed by atoms with E-state index in [4.69, 9.17) is 10.5 Å². The number of fused-ring (bicyclic) bond motifs is 3. The molecule has 7 nitrogen and oxygen atoms in total. The molecule has 2 aliphatic heterocycles. The Bertz CT molecular complexity index is 1970. The van der Waals surface area contributed by atoms with Crippen molar-refractivity contribution in [1.29, 1.82) is 5.26 Å². The van der Waals surface area contributed by atoms with Crippen molar-refractivity contribution in [2.24, 2.45) is 0 Å². The molecule has 4 heterocycles. The number of rotatable bonds is 6. The van der Waals surface area contributed by atoms with Crippen LogP contribution in [0.5, 0.6) is 6.01 Å². The molecule has 2 unspecified atom stereocenters. The van der Waals surface area contributed by atoms with E-state index in [2.05, 4.69) is 9.97 Å². The van der Waals surface area contributed by atoms with Gasteiger partial charge in [-0.2, -0.15) is 28.4 Å². The van der Waals surface area contributed by atoms with Crippen molar-refractivity contribution < 1.29 is 39.9 Å². The van der Waals surface area contributed by atoms with Crippen LogP contribution < -0.4 is 15.4 Å². The number of halogens is 8. The Morgan fingerprint density at radius 3 is 2.62 bits per heavy atom. The number of nitriles is 1. The van der Waals surface area contributed by atoms with Gasteiger partial charge in [0.05, 0.1) is 21.4 Å². The van der Waals surface area contributed by atoms with Crippen LogP contribution in [0.2, 0.25) is 0 Å². The molecule has 3 aliphatic rings. The largest absolute Gasteiger partial charge is 0.461 e. The highest BCUT2D eigenvalue weighted by Gasteiger charge is 2.50. The van der Waals surface area contributed by atoms with Crippen LogP contribution in [-0.2, 0) is 6.18 Å². The summed E-state index contributed by atoms with van der Waals surface area (Å²) in [5, 5.41) is 8.86. The monoisotopic (exact) mass is 682 g/mol. The van der Waals surface area contributed by atoms with E-state index in [1.165, 1.54) is 11.9 Å². The molecular formula is C31H26F8N6OS. The Morgan fingerprint density at radius 1 is 1.19 bits per heavy atom. The predicted octanol–water partition coefficient (Wildman–Crippen LogP) is 7.45. The maximum absolute atomic E-state index is 16.8. The molecule has 47 heavy (non-hydrogen) atoms. The van der Waals surface area contributed by atoms with Gasteiger partial charge in [0.2, 0.25) is 0 Å². The lowest BCUT2D eigenvalue weighted by Crippen LogP contribution is -2.49. The zero-order valence-electron chi connectivity index (χ0n) is 24.7. The molecule has 0 radical (unpaired) electrons. The molecule has 0 bridgehead atoms. The number of thiophene rings is 1. The second-order valence-electron chi connectivity index (χ2n) is 12.5. The summed E-state index contributed by atoms with van der Waals surface area (Å²) in [5.41, 5.74) is 1.38. The first-order valence-electron chi connectivity index (χ1n) is 14.8. The number of aromatic nitrogens is 2. The minimum absolute atomic E-state index is 0.0863. The number of hydrogen-bond acceptors (Lipinski definition) is 8. The Labute approximate surface area is 266 Å². The summed E-state index contributed by atoms with van der Waals surface area (Å²) in [7, 11) is 1.36. The van der Waals surface area contributed by atoms with Crippen molar-refractivity contribution in [2.45, 2.75) is 62.0 Å². The highest BCUT2D eigenvalue weighted by Crippen LogP contribution is 2.49. The number of nitrogens with zero attached hydrogens (tertiary/aromatic N) is 5. The van der Waals surface area contributed by atoms with Crippen LogP contribution in [0, 0.1) is 23.0 Å². The van der Waals surface area contributed by atoms with Crippen LogP contribution >= 0.6 is 11.3 Å². The minimum Gasteiger partial charge on any atom is -0.461 e. The van der Waals surface area contributed by atoms with E-state index in [0.717, 1.165) is 18.6 Å². The summed E-state index contributed by atoms with van der Waals surface area (Å²) in [5.74, 6) is -5.58. The number of nitrogens with two attached hydrogens (primary N) is 1. The van der Waals surface area contributed by atoms with E-state index >= 15 is 4.39 Å². The van der Waals surface area contributed by atoms with Gasteiger partial charge < -0.3 is 15.4 Å². The normalized spacial score (nSPS) is 22.9. The second-order valence-corrected chi connectivity index (χ2v) is 13.5. The van der Waals surface area contributed by atoms with Gasteiger partial charge in [0.1, 0.15) is 41.0 Å². The lowest BCUT2D eigenvalue weighted by atomic mass is 9.87. The van der Waals surface area contributed by atoms with E-state index < -0.39 is 87.9 Å². The number of hydrogen-bond donors (Lipinski definition) is 1. The molecule has 3 fully saturated rings. The van der Waals surface area contributed by atoms with Crippen LogP contribution in [0.1, 0.15) is 43.2 Å². The van der Waals surface area contributed by atoms with Crippen molar-refractivity contribution in [2.75, 3.05) is 37.4 Å². The molecule has 2 aromatic carbocycles. The molecule has 2 N–H and O–H groups in total. The molecule has 4 aromatic rings. The zero-order valence-corrected chi connectivity index (χ0v) is 25.5. The molecule has 2 saturated heterocycles. The van der Waals surface area contributed by atoms with Gasteiger partial charge in [0.25, 0.3) is 5.92 Å². The number of benzene rings is 2. The Balaban J connectivity index is 1.45. The molecular weight excluding hydrogens is 656 g/mol. The fourth-order valence-corrected chi connectivity index (χ4v) is 8.19. The van der Waals surface area contributed by atoms with Crippen LogP contribution in [-0.4, -0.2) is 65.3 Å². The van der Waals surface area contributed by atoms with E-state index in [1.54, 1.807) is 6.07 Å². The molecule has 1 aliphatic carbocycles. The topological polar surface area (TPSA) is 91.3 Å². The van der Waals surface area contributed by atoms with Gasteiger partial charge in [-0.1, -0.05) is 6.07 Å². The summed E-state index contributed by atoms with van der Waals surface area (Å²) in [6.07, 6.45) is -5.87. The van der Waals surface area contributed by atoms with Gasteiger partial charge in [-0.3, -0.25) is 4.90 Å². The molecule has 2 aromatic heterocycles. The minimum atomic E-state index is -5.18. The lowest BCUT2D eigenvalue weighted by molar-refractivity contribution is -0.137. The van der Waals surface area contributed by atoms with Crippen molar-refractivity contribution >= 4 is 43.1 Å². The zero-order chi connectivity index (χ0) is 33.6. The smallest absolute Gasteiger partial charge is 0.417 e. The van der Waals surface area contributed by atoms with Gasteiger partial charge in [0, 0.05) is 55.2 Å². The number of ether oxygens (including phenoxy) is 1. The molecule has 7 rings (SSSR count). The molecule has 0 spiro atoms. The Hall–Kier alpha value is -3.97. The third kappa shape index (κ3) is 5.09. The quantitative estimate of drug-likeness (QED) is 0.211. The first kappa shape index (κ1) is 31.6. The number of anilines is 2. The standard InChI is InChI=1S/C31H26F8N6OS/c1-44(15-9-30(35,36)10-15)27-17-7-19(31(37,38)39)22(16-3-4-20(33)25-21(16)18(11-40)26(41)47-25)23(34)24(17)42-28(43-27)46-13-29-5-2-6-45(29)12-14(32)8-29/h3-4,7,14-15H,2,5-6,8-10,12-13,41H2,1H3. The van der Waals surface area contributed by atoms with Crippen molar-refractivity contribution in [3.8, 4) is 23.2 Å². The molecule has 0 amide bonds. The van der Waals surface area contributed by atoms with Gasteiger partial charge in [-0.15, -0.1) is 11.3 Å². The van der Waals surface area contributed by atoms with Crippen LogP contribution in [0.15, 0.2) is 18.2 Å². The van der Waals surface area contributed by atoms with E-state index in [1.807, 2.05) is 4.90 Å². The first-order chi connectivity index (χ1) is 22.1. The van der Waals surface area contributed by atoms with Crippen molar-refractivity contribution in [1.82, 2.24) is 14.9 Å². The van der Waals surface area contributed by atoms with Crippen LogP contribution in [0.4, 0.5) is 45.9 Å². The highest BCUT2D eigenvalue weighted by atomic mass is 32.1. The summed E-state index contributed by atoms with van der Waals surface area (Å²) in [4.78, 5) is 11.7. The third-order valence-electron chi connectivity index (χ3n) is 9.58. The highest BCUT2D eigenvalue weighted by molar-refractivity contribution is 7.23. The van der Waals surface area contributed by atoms with Crippen molar-refractivity contribution in [3.05, 3.63) is 41.0 Å². The Kier molecular flexibility index (Phi) is 7.25. The van der Waals surface area contributed by atoms with Crippen LogP contribution in [0.3, 0.4) is 0 Å². The van der Waals surface area contributed by atoms with Gasteiger partial charge in [0.15, 0.2) is 5.82 Å². The maximum Gasteiger partial charge on any atom is 0.417 e. The van der Waals surface area contributed by atoms with Crippen LogP contribution in [0.25, 0.3) is 32.1 Å². The average Bonchev–Trinajstić information content (AvgIpc) is 3.63. The summed E-state index contributed by atoms with van der Waals surface area (Å²) in [6.45, 7) is 0.777. The fourth-order valence-electron chi connectivity index (χ4n) is 7.24. The average molecular weight is 683 g/mol. The summed E-state index contributed by atoms with van der Waals surface area (Å²) < 4.78 is 124. The van der Waals surface area contributed by atoms with E-state index in [-0.39, 0.29) is 46.0 Å². The maximum atomic E-state index is 16.8. The predicted molar refractivity (Wildman–Crippen MR) is 159 cm³/mol. The SMILES string of the molecule is CN(c1nc(OCC23CCCN2CC(F)C3)nc2c(F)c(-c3ccc(F)c4sc(N)c(C#N)c34)c(C(F)(F)F)cc12)C1CC(F)(F)C1. The number of nitrogen functional groups attached to an aromatic ring is 1. The molecule has 1 saturated carbocycles. The fraction of sp³-hybridized carbons (Fsp3) is 0.452. The van der Waals surface area contributed by atoms with Gasteiger partial charge >= 0.3 is 12.2 Å². The lowest BCUT2D eigenvalue weighted by Gasteiger charge is -2.41.